The smallest absolute Gasteiger partial charge is 0.387 e. The molecule has 0 unspecified atom stereocenters. The second kappa shape index (κ2) is 10.1. The number of carboxylic acids is 1. The van der Waals surface area contributed by atoms with Gasteiger partial charge in [0, 0.05) is 18.2 Å². The molecule has 8 nitrogen and oxygen atoms in total. The number of halogens is 2. The van der Waals surface area contributed by atoms with Crippen molar-refractivity contribution in [1.82, 2.24) is 4.31 Å². The van der Waals surface area contributed by atoms with E-state index < -0.39 is 34.9 Å². The van der Waals surface area contributed by atoms with Gasteiger partial charge in [0.2, 0.25) is 10.0 Å². The lowest BCUT2D eigenvalue weighted by molar-refractivity contribution is -0.137. The molecule has 0 aliphatic rings. The van der Waals surface area contributed by atoms with Crippen molar-refractivity contribution in [2.75, 3.05) is 20.7 Å². The monoisotopic (exact) mass is 455 g/mol. The van der Waals surface area contributed by atoms with Gasteiger partial charge in [-0.15, -0.1) is 0 Å². The summed E-state index contributed by atoms with van der Waals surface area (Å²) in [5.41, 5.74) is 0.317. The SMILES string of the molecule is COc1cccc(/C=C/C(=O)c2ccc(S(=O)(=O)N(C)CC(=O)O)cc2)c1OC(F)F. The van der Waals surface area contributed by atoms with Gasteiger partial charge in [-0.3, -0.25) is 9.59 Å². The average molecular weight is 455 g/mol. The van der Waals surface area contributed by atoms with Gasteiger partial charge in [0.25, 0.3) is 0 Å². The maximum absolute atomic E-state index is 12.7. The van der Waals surface area contributed by atoms with Crippen LogP contribution in [0.1, 0.15) is 15.9 Å². The average Bonchev–Trinajstić information content (AvgIpc) is 2.71. The summed E-state index contributed by atoms with van der Waals surface area (Å²) in [5, 5.41) is 8.75. The second-order valence-electron chi connectivity index (χ2n) is 6.13. The first kappa shape index (κ1) is 24.0. The molecule has 0 radical (unpaired) electrons. The Hall–Kier alpha value is -3.31. The molecule has 0 aromatic heterocycles. The van der Waals surface area contributed by atoms with Gasteiger partial charge in [-0.25, -0.2) is 8.42 Å². The normalized spacial score (nSPS) is 11.8. The fourth-order valence-electron chi connectivity index (χ4n) is 2.55. The Balaban J connectivity index is 2.24. The molecule has 0 fully saturated rings. The summed E-state index contributed by atoms with van der Waals surface area (Å²) in [7, 11) is -1.62. The molecule has 1 N–H and O–H groups in total. The number of methoxy groups -OCH3 is 1. The molecule has 0 amide bonds. The molecule has 0 bridgehead atoms. The number of benzene rings is 2. The quantitative estimate of drug-likeness (QED) is 0.433. The zero-order valence-electron chi connectivity index (χ0n) is 16.5. The fraction of sp³-hybridized carbons (Fsp3) is 0.200. The molecule has 2 rings (SSSR count). The number of alkyl halides is 2. The number of ketones is 1. The van der Waals surface area contributed by atoms with Crippen LogP contribution < -0.4 is 9.47 Å². The molecule has 166 valence electrons. The van der Waals surface area contributed by atoms with Crippen LogP contribution in [0.4, 0.5) is 8.78 Å². The number of allylic oxidation sites excluding steroid dienone is 1. The van der Waals surface area contributed by atoms with Gasteiger partial charge in [0.1, 0.15) is 6.54 Å². The summed E-state index contributed by atoms with van der Waals surface area (Å²) >= 11 is 0. The summed E-state index contributed by atoms with van der Waals surface area (Å²) < 4.78 is 60.2. The number of carboxylic acid groups (broad SMARTS) is 1. The van der Waals surface area contributed by atoms with Gasteiger partial charge in [0.05, 0.1) is 12.0 Å². The minimum absolute atomic E-state index is 0.0648. The molecule has 31 heavy (non-hydrogen) atoms. The van der Waals surface area contributed by atoms with E-state index in [-0.39, 0.29) is 27.5 Å². The van der Waals surface area contributed by atoms with Gasteiger partial charge in [0.15, 0.2) is 17.3 Å². The van der Waals surface area contributed by atoms with Crippen LogP contribution in [0, 0.1) is 0 Å². The van der Waals surface area contributed by atoms with Crippen LogP contribution in [0.15, 0.2) is 53.4 Å². The van der Waals surface area contributed by atoms with Crippen LogP contribution in [0.2, 0.25) is 0 Å². The number of nitrogens with zero attached hydrogens (tertiary/aromatic N) is 1. The lowest BCUT2D eigenvalue weighted by atomic mass is 10.1. The number of sulfonamides is 1. The van der Waals surface area contributed by atoms with Crippen LogP contribution in [0.5, 0.6) is 11.5 Å². The lowest BCUT2D eigenvalue weighted by Gasteiger charge is -2.14. The number of para-hydroxylation sites is 1. The highest BCUT2D eigenvalue weighted by Crippen LogP contribution is 2.33. The predicted octanol–water partition coefficient (Wildman–Crippen LogP) is 2.90. The fourth-order valence-corrected chi connectivity index (χ4v) is 3.67. The topological polar surface area (TPSA) is 110 Å². The Morgan fingerprint density at radius 2 is 1.81 bits per heavy atom. The van der Waals surface area contributed by atoms with Gasteiger partial charge in [-0.05, 0) is 42.5 Å². The zero-order valence-corrected chi connectivity index (χ0v) is 17.3. The standard InChI is InChI=1S/C20H19F2NO7S/c1-23(12-18(25)26)31(27,28)15-9-6-13(7-10-15)16(24)11-8-14-4-3-5-17(29-2)19(14)30-20(21)22/h3-11,20H,12H2,1-2H3,(H,25,26)/b11-8+. The largest absolute Gasteiger partial charge is 0.493 e. The highest BCUT2D eigenvalue weighted by Gasteiger charge is 2.23. The second-order valence-corrected chi connectivity index (χ2v) is 8.18. The molecule has 0 saturated heterocycles. The van der Waals surface area contributed by atoms with Gasteiger partial charge in [-0.2, -0.15) is 13.1 Å². The number of carbonyl (C=O) groups is 2. The predicted molar refractivity (Wildman–Crippen MR) is 107 cm³/mol. The van der Waals surface area contributed by atoms with Gasteiger partial charge >= 0.3 is 12.6 Å². The van der Waals surface area contributed by atoms with Crippen molar-refractivity contribution in [2.24, 2.45) is 0 Å². The summed E-state index contributed by atoms with van der Waals surface area (Å²) in [6.07, 6.45) is 2.39. The van der Waals surface area contributed by atoms with Crippen molar-refractivity contribution in [3.63, 3.8) is 0 Å². The van der Waals surface area contributed by atoms with E-state index in [1.807, 2.05) is 0 Å². The van der Waals surface area contributed by atoms with Crippen molar-refractivity contribution >= 4 is 27.9 Å². The maximum atomic E-state index is 12.7. The first-order valence-electron chi connectivity index (χ1n) is 8.68. The first-order valence-corrected chi connectivity index (χ1v) is 10.1. The molecule has 0 saturated carbocycles. The van der Waals surface area contributed by atoms with E-state index in [4.69, 9.17) is 9.84 Å². The Kier molecular flexibility index (Phi) is 7.83. The van der Waals surface area contributed by atoms with E-state index in [0.717, 1.165) is 13.1 Å². The third kappa shape index (κ3) is 6.09. The van der Waals surface area contributed by atoms with E-state index in [9.17, 15) is 26.8 Å². The van der Waals surface area contributed by atoms with E-state index in [1.165, 1.54) is 55.7 Å². The third-order valence-corrected chi connectivity index (χ3v) is 5.87. The Bertz CT molecular complexity index is 1080. The number of ether oxygens (including phenoxy) is 2. The molecule has 0 aliphatic carbocycles. The molecule has 0 heterocycles. The zero-order chi connectivity index (χ0) is 23.2. The van der Waals surface area contributed by atoms with E-state index in [1.54, 1.807) is 0 Å². The number of carbonyl (C=O) groups excluding carboxylic acids is 1. The molecular formula is C20H19F2NO7S. The highest BCUT2D eigenvalue weighted by molar-refractivity contribution is 7.89. The summed E-state index contributed by atoms with van der Waals surface area (Å²) in [6.45, 7) is -3.80. The Morgan fingerprint density at radius 3 is 2.35 bits per heavy atom. The van der Waals surface area contributed by atoms with Crippen LogP contribution in [0.25, 0.3) is 6.08 Å². The van der Waals surface area contributed by atoms with Crippen molar-refractivity contribution < 1.29 is 41.4 Å². The molecule has 0 aliphatic heterocycles. The number of hydrogen-bond acceptors (Lipinski definition) is 6. The highest BCUT2D eigenvalue weighted by atomic mass is 32.2. The van der Waals surface area contributed by atoms with Crippen LogP contribution >= 0.6 is 0 Å². The van der Waals surface area contributed by atoms with Gasteiger partial charge < -0.3 is 14.6 Å². The number of aliphatic carboxylic acids is 1. The minimum atomic E-state index is -4.03. The molecular weight excluding hydrogens is 436 g/mol. The summed E-state index contributed by atoms with van der Waals surface area (Å²) in [6, 6.07) is 9.29. The molecule has 0 atom stereocenters. The van der Waals surface area contributed by atoms with E-state index in [2.05, 4.69) is 4.74 Å². The lowest BCUT2D eigenvalue weighted by Crippen LogP contribution is -2.32. The van der Waals surface area contributed by atoms with Gasteiger partial charge in [-0.1, -0.05) is 12.1 Å². The molecule has 11 heteroatoms. The van der Waals surface area contributed by atoms with Crippen LogP contribution in [0.3, 0.4) is 0 Å². The molecule has 2 aromatic carbocycles. The van der Waals surface area contributed by atoms with Crippen LogP contribution in [-0.4, -0.2) is 56.9 Å². The summed E-state index contributed by atoms with van der Waals surface area (Å²) in [5.74, 6) is -1.99. The number of hydrogen-bond donors (Lipinski definition) is 1. The molecule has 2 aromatic rings. The van der Waals surface area contributed by atoms with E-state index >= 15 is 0 Å². The Morgan fingerprint density at radius 1 is 1.16 bits per heavy atom. The molecule has 0 spiro atoms. The van der Waals surface area contributed by atoms with Crippen LogP contribution in [-0.2, 0) is 14.8 Å². The minimum Gasteiger partial charge on any atom is -0.493 e. The summed E-state index contributed by atoms with van der Waals surface area (Å²) in [4.78, 5) is 22.9. The van der Waals surface area contributed by atoms with E-state index in [0.29, 0.717) is 4.31 Å². The Labute approximate surface area is 177 Å². The third-order valence-electron chi connectivity index (χ3n) is 4.06. The van der Waals surface area contributed by atoms with Crippen molar-refractivity contribution in [2.45, 2.75) is 11.5 Å². The van der Waals surface area contributed by atoms with Crippen molar-refractivity contribution in [3.05, 3.63) is 59.7 Å². The van der Waals surface area contributed by atoms with Crippen molar-refractivity contribution in [1.29, 1.82) is 0 Å². The van der Waals surface area contributed by atoms with Crippen molar-refractivity contribution in [3.8, 4) is 11.5 Å². The maximum Gasteiger partial charge on any atom is 0.387 e. The number of rotatable bonds is 10. The number of likely N-dealkylation sites (N-methyl/N-ethyl adjacent to an activating group) is 1. The first-order chi connectivity index (χ1) is 14.6.